The molecule has 0 fully saturated rings. The van der Waals surface area contributed by atoms with Crippen LogP contribution in [0.15, 0.2) is 137 Å². The number of urea groups is 1. The minimum atomic E-state index is -0.494. The number of nitrogens with zero attached hydrogens (tertiary/aromatic N) is 2. The second-order valence-corrected chi connectivity index (χ2v) is 11.7. The quantitative estimate of drug-likeness (QED) is 0.237. The first-order chi connectivity index (χ1) is 19.7. The van der Waals surface area contributed by atoms with Crippen LogP contribution in [0.25, 0.3) is 0 Å². The third kappa shape index (κ3) is 5.68. The van der Waals surface area contributed by atoms with Crippen LogP contribution in [0.4, 0.5) is 21.9 Å². The van der Waals surface area contributed by atoms with Crippen LogP contribution in [-0.4, -0.2) is 28.2 Å². The van der Waals surface area contributed by atoms with E-state index in [-0.39, 0.29) is 23.2 Å². The number of para-hydroxylation sites is 1. The third-order valence-corrected chi connectivity index (χ3v) is 9.14. The highest BCUT2D eigenvalue weighted by atomic mass is 32.2. The van der Waals surface area contributed by atoms with Gasteiger partial charge in [-0.25, -0.2) is 4.79 Å². The molecular weight excluding hydrogens is 537 g/mol. The van der Waals surface area contributed by atoms with Gasteiger partial charge in [0, 0.05) is 33.6 Å². The van der Waals surface area contributed by atoms with E-state index in [0.717, 1.165) is 21.0 Å². The number of hydrogen-bond acceptors (Lipinski definition) is 5. The van der Waals surface area contributed by atoms with Crippen molar-refractivity contribution < 1.29 is 9.59 Å². The molecule has 8 heteroatoms. The highest BCUT2D eigenvalue weighted by Gasteiger charge is 2.36. The number of thioether (sulfide) groups is 2. The number of fused-ring (bicyclic) bond motifs is 2. The van der Waals surface area contributed by atoms with Crippen molar-refractivity contribution in [3.63, 3.8) is 0 Å². The Bertz CT molecular complexity index is 1580. The van der Waals surface area contributed by atoms with Crippen molar-refractivity contribution in [3.8, 4) is 0 Å². The van der Waals surface area contributed by atoms with Crippen LogP contribution in [0.5, 0.6) is 0 Å². The van der Waals surface area contributed by atoms with Gasteiger partial charge in [0.1, 0.15) is 5.25 Å². The smallest absolute Gasteiger partial charge is 0.325 e. The van der Waals surface area contributed by atoms with Gasteiger partial charge in [-0.2, -0.15) is 0 Å². The summed E-state index contributed by atoms with van der Waals surface area (Å²) in [5.41, 5.74) is 3.14. The lowest BCUT2D eigenvalue weighted by Gasteiger charge is -2.40. The number of benzene rings is 3. The monoisotopic (exact) mass is 562 g/mol. The Labute approximate surface area is 241 Å². The molecule has 3 aromatic carbocycles. The fraction of sp³-hybridized carbons (Fsp3) is 0.0938. The van der Waals surface area contributed by atoms with Gasteiger partial charge >= 0.3 is 6.03 Å². The van der Waals surface area contributed by atoms with Gasteiger partial charge in [0.2, 0.25) is 5.91 Å². The molecule has 6 rings (SSSR count). The molecule has 1 aliphatic heterocycles. The van der Waals surface area contributed by atoms with Crippen LogP contribution < -0.4 is 15.5 Å². The van der Waals surface area contributed by atoms with E-state index in [1.54, 1.807) is 36.3 Å². The van der Waals surface area contributed by atoms with E-state index in [0.29, 0.717) is 11.4 Å². The summed E-state index contributed by atoms with van der Waals surface area (Å²) in [5, 5.41) is 5.76. The SMILES string of the molecule is O=C(Nc1ccncc1)C(Sc1cccc(NC(=O)N2c3ccccc3SC3C=CC=CC32)c1)c1ccccc1. The van der Waals surface area contributed by atoms with E-state index >= 15 is 0 Å². The number of allylic oxidation sites excluding steroid dienone is 2. The molecule has 2 heterocycles. The van der Waals surface area contributed by atoms with Gasteiger partial charge in [-0.3, -0.25) is 14.7 Å². The lowest BCUT2D eigenvalue weighted by atomic mass is 10.1. The van der Waals surface area contributed by atoms with Crippen LogP contribution in [-0.2, 0) is 4.79 Å². The standard InChI is InChI=1S/C32H26N4O2S2/c37-31(34-23-17-19-33-20-18-23)30(22-9-2-1-3-10-22)39-25-12-8-11-24(21-25)35-32(38)36-26-13-4-6-15-28(26)40-29-16-7-5-14-27(29)36/h1-21,26,28,30H,(H,35,38)(H,33,34,37). The molecule has 0 radical (unpaired) electrons. The largest absolute Gasteiger partial charge is 0.326 e. The minimum Gasteiger partial charge on any atom is -0.325 e. The van der Waals surface area contributed by atoms with E-state index in [9.17, 15) is 9.59 Å². The highest BCUT2D eigenvalue weighted by molar-refractivity contribution is 8.00. The number of carbonyl (C=O) groups is 2. The summed E-state index contributed by atoms with van der Waals surface area (Å²) in [4.78, 5) is 34.9. The predicted octanol–water partition coefficient (Wildman–Crippen LogP) is 7.56. The Morgan fingerprint density at radius 1 is 0.825 bits per heavy atom. The maximum Gasteiger partial charge on any atom is 0.326 e. The van der Waals surface area contributed by atoms with E-state index in [2.05, 4.69) is 33.8 Å². The molecule has 0 bridgehead atoms. The lowest BCUT2D eigenvalue weighted by Crippen LogP contribution is -2.49. The van der Waals surface area contributed by atoms with Crippen LogP contribution in [0.2, 0.25) is 0 Å². The third-order valence-electron chi connectivity index (χ3n) is 6.59. The maximum atomic E-state index is 13.7. The molecule has 0 spiro atoms. The molecule has 2 N–H and O–H groups in total. The van der Waals surface area contributed by atoms with Crippen molar-refractivity contribution in [3.05, 3.63) is 133 Å². The molecule has 198 valence electrons. The van der Waals surface area contributed by atoms with Gasteiger partial charge in [-0.1, -0.05) is 72.8 Å². The number of carbonyl (C=O) groups excluding carboxylic acids is 2. The number of nitrogens with one attached hydrogen (secondary N) is 2. The van der Waals surface area contributed by atoms with Gasteiger partial charge in [0.15, 0.2) is 0 Å². The van der Waals surface area contributed by atoms with Crippen LogP contribution in [0, 0.1) is 0 Å². The number of anilines is 3. The average Bonchev–Trinajstić information content (AvgIpc) is 2.99. The van der Waals surface area contributed by atoms with Gasteiger partial charge in [0.05, 0.1) is 17.0 Å². The zero-order valence-electron chi connectivity index (χ0n) is 21.4. The Kier molecular flexibility index (Phi) is 7.70. The molecule has 1 aliphatic carbocycles. The first-order valence-corrected chi connectivity index (χ1v) is 14.6. The number of pyridine rings is 1. The van der Waals surface area contributed by atoms with Crippen LogP contribution in [0.1, 0.15) is 10.8 Å². The Morgan fingerprint density at radius 2 is 1.60 bits per heavy atom. The van der Waals surface area contributed by atoms with Crippen LogP contribution >= 0.6 is 23.5 Å². The number of aromatic nitrogens is 1. The second kappa shape index (κ2) is 11.9. The van der Waals surface area contributed by atoms with E-state index < -0.39 is 5.25 Å². The van der Waals surface area contributed by atoms with Gasteiger partial charge in [-0.15, -0.1) is 23.5 Å². The molecule has 1 aromatic heterocycles. The molecular formula is C32H26N4O2S2. The fourth-order valence-electron chi connectivity index (χ4n) is 4.74. The fourth-order valence-corrected chi connectivity index (χ4v) is 7.08. The summed E-state index contributed by atoms with van der Waals surface area (Å²) in [5.74, 6) is -0.137. The highest BCUT2D eigenvalue weighted by Crippen LogP contribution is 2.44. The molecule has 6 nitrogen and oxygen atoms in total. The number of rotatable bonds is 6. The molecule has 3 unspecified atom stereocenters. The predicted molar refractivity (Wildman–Crippen MR) is 164 cm³/mol. The zero-order chi connectivity index (χ0) is 27.3. The minimum absolute atomic E-state index is 0.0817. The topological polar surface area (TPSA) is 74.3 Å². The van der Waals surface area contributed by atoms with Gasteiger partial charge in [0.25, 0.3) is 0 Å². The summed E-state index contributed by atoms with van der Waals surface area (Å²) in [6.45, 7) is 0. The first-order valence-electron chi connectivity index (χ1n) is 12.9. The zero-order valence-corrected chi connectivity index (χ0v) is 23.0. The van der Waals surface area contributed by atoms with E-state index in [1.807, 2.05) is 89.8 Å². The molecule has 3 amide bonds. The molecule has 2 aliphatic rings. The van der Waals surface area contributed by atoms with Gasteiger partial charge < -0.3 is 10.6 Å². The summed E-state index contributed by atoms with van der Waals surface area (Å²) >= 11 is 3.21. The molecule has 0 saturated heterocycles. The average molecular weight is 563 g/mol. The Morgan fingerprint density at radius 3 is 2.45 bits per heavy atom. The first kappa shape index (κ1) is 26.0. The van der Waals surface area contributed by atoms with Crippen molar-refractivity contribution in [2.45, 2.75) is 26.3 Å². The normalized spacial score (nSPS) is 17.9. The molecule has 4 aromatic rings. The molecule has 0 saturated carbocycles. The van der Waals surface area contributed by atoms with Crippen molar-refractivity contribution >= 4 is 52.5 Å². The summed E-state index contributed by atoms with van der Waals surface area (Å²) in [6.07, 6.45) is 11.5. The van der Waals surface area contributed by atoms with E-state index in [1.165, 1.54) is 11.8 Å². The van der Waals surface area contributed by atoms with Crippen molar-refractivity contribution in [1.82, 2.24) is 4.98 Å². The second-order valence-electron chi connectivity index (χ2n) is 9.27. The van der Waals surface area contributed by atoms with Crippen LogP contribution in [0.3, 0.4) is 0 Å². The van der Waals surface area contributed by atoms with Crippen molar-refractivity contribution in [1.29, 1.82) is 0 Å². The molecule has 40 heavy (non-hydrogen) atoms. The summed E-state index contributed by atoms with van der Waals surface area (Å²) < 4.78 is 0. The Balaban J connectivity index is 1.23. The summed E-state index contributed by atoms with van der Waals surface area (Å²) in [6, 6.07) is 28.6. The van der Waals surface area contributed by atoms with Gasteiger partial charge in [-0.05, 0) is 48.0 Å². The van der Waals surface area contributed by atoms with Crippen molar-refractivity contribution in [2.24, 2.45) is 0 Å². The lowest BCUT2D eigenvalue weighted by molar-refractivity contribution is -0.115. The Hall–Kier alpha value is -4.27. The number of hydrogen-bond donors (Lipinski definition) is 2. The number of amides is 3. The molecule has 3 atom stereocenters. The maximum absolute atomic E-state index is 13.7. The van der Waals surface area contributed by atoms with Crippen molar-refractivity contribution in [2.75, 3.05) is 15.5 Å². The van der Waals surface area contributed by atoms with E-state index in [4.69, 9.17) is 0 Å². The summed E-state index contributed by atoms with van der Waals surface area (Å²) in [7, 11) is 0.